The van der Waals surface area contributed by atoms with E-state index in [1.807, 2.05) is 54.9 Å². The standard InChI is InChI=1S/C17H22N4O3/c1-12(19-17(24)18-9-8-16(22)23)10-15-11-13(2)20-21(15)14-6-4-3-5-7-14/h3-7,11-12H,8-10H2,1-2H3,(H,22,23)(H2,18,19,24). The van der Waals surface area contributed by atoms with Crippen LogP contribution in [-0.4, -0.2) is 39.5 Å². The number of carbonyl (C=O) groups excluding carboxylic acids is 1. The maximum Gasteiger partial charge on any atom is 0.315 e. The molecule has 7 heteroatoms. The molecule has 0 saturated carbocycles. The van der Waals surface area contributed by atoms with E-state index in [1.165, 1.54) is 0 Å². The highest BCUT2D eigenvalue weighted by molar-refractivity contribution is 5.75. The first-order valence-electron chi connectivity index (χ1n) is 7.83. The Bertz CT molecular complexity index is 697. The maximum atomic E-state index is 11.7. The van der Waals surface area contributed by atoms with E-state index in [0.29, 0.717) is 6.42 Å². The van der Waals surface area contributed by atoms with Crippen molar-refractivity contribution in [1.82, 2.24) is 20.4 Å². The number of nitrogens with one attached hydrogen (secondary N) is 2. The summed E-state index contributed by atoms with van der Waals surface area (Å²) in [5.74, 6) is -0.939. The van der Waals surface area contributed by atoms with Gasteiger partial charge in [-0.25, -0.2) is 9.48 Å². The van der Waals surface area contributed by atoms with E-state index < -0.39 is 5.97 Å². The largest absolute Gasteiger partial charge is 0.481 e. The average molecular weight is 330 g/mol. The van der Waals surface area contributed by atoms with Crippen molar-refractivity contribution in [3.63, 3.8) is 0 Å². The lowest BCUT2D eigenvalue weighted by Gasteiger charge is -2.15. The van der Waals surface area contributed by atoms with E-state index in [2.05, 4.69) is 15.7 Å². The fourth-order valence-electron chi connectivity index (χ4n) is 2.41. The fourth-order valence-corrected chi connectivity index (χ4v) is 2.41. The molecule has 7 nitrogen and oxygen atoms in total. The summed E-state index contributed by atoms with van der Waals surface area (Å²) in [5.41, 5.74) is 2.88. The normalized spacial score (nSPS) is 11.8. The molecule has 0 fully saturated rings. The lowest BCUT2D eigenvalue weighted by molar-refractivity contribution is -0.136. The molecule has 0 radical (unpaired) electrons. The van der Waals surface area contributed by atoms with Gasteiger partial charge in [0.2, 0.25) is 0 Å². The highest BCUT2D eigenvalue weighted by Gasteiger charge is 2.13. The van der Waals surface area contributed by atoms with Gasteiger partial charge in [0.15, 0.2) is 0 Å². The van der Waals surface area contributed by atoms with Gasteiger partial charge in [0.25, 0.3) is 0 Å². The van der Waals surface area contributed by atoms with E-state index >= 15 is 0 Å². The molecule has 0 spiro atoms. The Labute approximate surface area is 140 Å². The zero-order chi connectivity index (χ0) is 17.5. The number of carboxylic acids is 1. The number of carboxylic acid groups (broad SMARTS) is 1. The molecule has 1 unspecified atom stereocenters. The van der Waals surface area contributed by atoms with Crippen LogP contribution in [0.2, 0.25) is 0 Å². The van der Waals surface area contributed by atoms with Crippen LogP contribution < -0.4 is 10.6 Å². The topological polar surface area (TPSA) is 96.3 Å². The highest BCUT2D eigenvalue weighted by atomic mass is 16.4. The third-order valence-corrected chi connectivity index (χ3v) is 3.42. The van der Waals surface area contributed by atoms with Crippen molar-refractivity contribution in [2.75, 3.05) is 6.54 Å². The number of aromatic nitrogens is 2. The summed E-state index contributed by atoms with van der Waals surface area (Å²) in [6.07, 6.45) is 0.518. The van der Waals surface area contributed by atoms with Crippen LogP contribution in [0.4, 0.5) is 4.79 Å². The minimum Gasteiger partial charge on any atom is -0.481 e. The van der Waals surface area contributed by atoms with Gasteiger partial charge in [0.1, 0.15) is 0 Å². The Morgan fingerprint density at radius 2 is 2.00 bits per heavy atom. The first kappa shape index (κ1) is 17.5. The predicted octanol–water partition coefficient (Wildman–Crippen LogP) is 1.89. The Kier molecular flexibility index (Phi) is 5.95. The highest BCUT2D eigenvalue weighted by Crippen LogP contribution is 2.14. The molecule has 2 aromatic rings. The summed E-state index contributed by atoms with van der Waals surface area (Å²) >= 11 is 0. The fraction of sp³-hybridized carbons (Fsp3) is 0.353. The van der Waals surface area contributed by atoms with E-state index in [9.17, 15) is 9.59 Å². The van der Waals surface area contributed by atoms with Gasteiger partial charge in [-0.1, -0.05) is 18.2 Å². The van der Waals surface area contributed by atoms with Gasteiger partial charge in [-0.2, -0.15) is 5.10 Å². The van der Waals surface area contributed by atoms with Crippen molar-refractivity contribution >= 4 is 12.0 Å². The summed E-state index contributed by atoms with van der Waals surface area (Å²) < 4.78 is 1.87. The summed E-state index contributed by atoms with van der Waals surface area (Å²) in [6, 6.07) is 11.3. The molecule has 2 amide bonds. The van der Waals surface area contributed by atoms with Crippen molar-refractivity contribution in [2.24, 2.45) is 0 Å². The van der Waals surface area contributed by atoms with Gasteiger partial charge < -0.3 is 15.7 Å². The summed E-state index contributed by atoms with van der Waals surface area (Å²) in [7, 11) is 0. The monoisotopic (exact) mass is 330 g/mol. The van der Waals surface area contributed by atoms with Crippen LogP contribution in [0.5, 0.6) is 0 Å². The molecule has 0 aliphatic heterocycles. The molecular formula is C17H22N4O3. The Balaban J connectivity index is 1.96. The number of aryl methyl sites for hydroxylation is 1. The number of hydrogen-bond acceptors (Lipinski definition) is 3. The smallest absolute Gasteiger partial charge is 0.315 e. The average Bonchev–Trinajstić information content (AvgIpc) is 2.88. The van der Waals surface area contributed by atoms with Crippen LogP contribution in [0.25, 0.3) is 5.69 Å². The van der Waals surface area contributed by atoms with Gasteiger partial charge in [-0.15, -0.1) is 0 Å². The molecule has 0 saturated heterocycles. The number of urea groups is 1. The van der Waals surface area contributed by atoms with Crippen LogP contribution in [-0.2, 0) is 11.2 Å². The number of amides is 2. The number of carbonyl (C=O) groups is 2. The lowest BCUT2D eigenvalue weighted by Crippen LogP contribution is -2.42. The van der Waals surface area contributed by atoms with E-state index in [4.69, 9.17) is 5.11 Å². The first-order valence-corrected chi connectivity index (χ1v) is 7.83. The predicted molar refractivity (Wildman–Crippen MR) is 90.3 cm³/mol. The third kappa shape index (κ3) is 5.12. The van der Waals surface area contributed by atoms with Crippen molar-refractivity contribution in [3.05, 3.63) is 47.8 Å². The minimum absolute atomic E-state index is 0.0955. The van der Waals surface area contributed by atoms with Crippen molar-refractivity contribution < 1.29 is 14.7 Å². The molecule has 1 heterocycles. The summed E-state index contributed by atoms with van der Waals surface area (Å²) in [6.45, 7) is 3.93. The number of rotatable bonds is 7. The molecule has 1 aromatic heterocycles. The first-order chi connectivity index (χ1) is 11.5. The molecule has 0 aliphatic carbocycles. The Hall–Kier alpha value is -2.83. The number of aliphatic carboxylic acids is 1. The van der Waals surface area contributed by atoms with Gasteiger partial charge >= 0.3 is 12.0 Å². The summed E-state index contributed by atoms with van der Waals surface area (Å²) in [4.78, 5) is 22.2. The maximum absolute atomic E-state index is 11.7. The second-order valence-corrected chi connectivity index (χ2v) is 5.67. The van der Waals surface area contributed by atoms with Crippen LogP contribution >= 0.6 is 0 Å². The number of hydrogen-bond donors (Lipinski definition) is 3. The second kappa shape index (κ2) is 8.14. The number of nitrogens with zero attached hydrogens (tertiary/aromatic N) is 2. The molecule has 128 valence electrons. The van der Waals surface area contributed by atoms with Gasteiger partial charge in [0, 0.05) is 24.7 Å². The van der Waals surface area contributed by atoms with Crippen molar-refractivity contribution in [3.8, 4) is 5.69 Å². The molecule has 3 N–H and O–H groups in total. The number of para-hydroxylation sites is 1. The SMILES string of the molecule is Cc1cc(CC(C)NC(=O)NCCC(=O)O)n(-c2ccccc2)n1. The zero-order valence-corrected chi connectivity index (χ0v) is 13.8. The van der Waals surface area contributed by atoms with Crippen LogP contribution in [0.1, 0.15) is 24.7 Å². The van der Waals surface area contributed by atoms with Gasteiger partial charge in [-0.3, -0.25) is 4.79 Å². The van der Waals surface area contributed by atoms with E-state index in [1.54, 1.807) is 0 Å². The van der Waals surface area contributed by atoms with Gasteiger partial charge in [-0.05, 0) is 32.0 Å². The molecule has 0 aliphatic rings. The zero-order valence-electron chi connectivity index (χ0n) is 13.8. The van der Waals surface area contributed by atoms with E-state index in [0.717, 1.165) is 17.1 Å². The Morgan fingerprint density at radius 1 is 1.29 bits per heavy atom. The molecular weight excluding hydrogens is 308 g/mol. The summed E-state index contributed by atoms with van der Waals surface area (Å²) in [5, 5.41) is 18.4. The quantitative estimate of drug-likeness (QED) is 0.722. The third-order valence-electron chi connectivity index (χ3n) is 3.42. The van der Waals surface area contributed by atoms with Crippen LogP contribution in [0.15, 0.2) is 36.4 Å². The molecule has 24 heavy (non-hydrogen) atoms. The van der Waals surface area contributed by atoms with Gasteiger partial charge in [0.05, 0.1) is 17.8 Å². The van der Waals surface area contributed by atoms with Crippen LogP contribution in [0.3, 0.4) is 0 Å². The lowest BCUT2D eigenvalue weighted by atomic mass is 10.1. The Morgan fingerprint density at radius 3 is 2.67 bits per heavy atom. The molecule has 1 atom stereocenters. The van der Waals surface area contributed by atoms with E-state index in [-0.39, 0.29) is 25.0 Å². The van der Waals surface area contributed by atoms with Crippen LogP contribution in [0, 0.1) is 6.92 Å². The molecule has 2 rings (SSSR count). The molecule has 1 aromatic carbocycles. The van der Waals surface area contributed by atoms with Crippen molar-refractivity contribution in [1.29, 1.82) is 0 Å². The van der Waals surface area contributed by atoms with Crippen molar-refractivity contribution in [2.45, 2.75) is 32.7 Å². The molecule has 0 bridgehead atoms. The number of benzene rings is 1. The second-order valence-electron chi connectivity index (χ2n) is 5.67. The minimum atomic E-state index is -0.939.